The van der Waals surface area contributed by atoms with E-state index in [1.807, 2.05) is 0 Å². The van der Waals surface area contributed by atoms with Crippen molar-refractivity contribution in [3.63, 3.8) is 0 Å². The Balaban J connectivity index is 0.00000289. The summed E-state index contributed by atoms with van der Waals surface area (Å²) in [7, 11) is 1.79. The van der Waals surface area contributed by atoms with Gasteiger partial charge in [-0.2, -0.15) is 0 Å². The lowest BCUT2D eigenvalue weighted by molar-refractivity contribution is 0.501. The van der Waals surface area contributed by atoms with Gasteiger partial charge in [0, 0.05) is 19.1 Å². The Labute approximate surface area is 127 Å². The van der Waals surface area contributed by atoms with Gasteiger partial charge >= 0.3 is 0 Å². The van der Waals surface area contributed by atoms with E-state index in [0.717, 1.165) is 12.5 Å². The summed E-state index contributed by atoms with van der Waals surface area (Å²) in [5, 5.41) is 6.64. The highest BCUT2D eigenvalue weighted by Crippen LogP contribution is 2.03. The molecule has 0 aliphatic heterocycles. The minimum Gasteiger partial charge on any atom is -0.352 e. The molecule has 0 aromatic heterocycles. The molecule has 0 fully saturated rings. The predicted molar refractivity (Wildman–Crippen MR) is 89.7 cm³/mol. The second-order valence-corrected chi connectivity index (χ2v) is 5.29. The first-order valence-corrected chi connectivity index (χ1v) is 5.95. The molecular weight excluding hydrogens is 337 g/mol. The molecule has 1 aromatic carbocycles. The van der Waals surface area contributed by atoms with Crippen molar-refractivity contribution >= 4 is 29.9 Å². The van der Waals surface area contributed by atoms with Crippen LogP contribution in [-0.2, 0) is 6.54 Å². The van der Waals surface area contributed by atoms with Gasteiger partial charge in [-0.25, -0.2) is 0 Å². The Morgan fingerprint density at radius 2 is 1.94 bits per heavy atom. The normalized spacial score (nSPS) is 11.7. The van der Waals surface area contributed by atoms with Gasteiger partial charge in [-0.05, 0) is 33.3 Å². The molecular formula is C14H24IN3. The number of nitrogens with zero attached hydrogens (tertiary/aromatic N) is 1. The van der Waals surface area contributed by atoms with Crippen LogP contribution in [0.2, 0.25) is 0 Å². The molecule has 2 N–H and O–H groups in total. The molecule has 0 saturated heterocycles. The molecule has 0 unspecified atom stereocenters. The van der Waals surface area contributed by atoms with Gasteiger partial charge < -0.3 is 10.6 Å². The van der Waals surface area contributed by atoms with Crippen LogP contribution < -0.4 is 10.6 Å². The van der Waals surface area contributed by atoms with Gasteiger partial charge in [0.15, 0.2) is 5.96 Å². The van der Waals surface area contributed by atoms with Crippen LogP contribution in [0.5, 0.6) is 0 Å². The Hall–Kier alpha value is -0.780. The van der Waals surface area contributed by atoms with Crippen molar-refractivity contribution < 1.29 is 0 Å². The number of nitrogens with one attached hydrogen (secondary N) is 2. The van der Waals surface area contributed by atoms with E-state index in [-0.39, 0.29) is 29.5 Å². The number of guanidine groups is 1. The molecule has 0 radical (unpaired) electrons. The van der Waals surface area contributed by atoms with Crippen LogP contribution in [0.25, 0.3) is 0 Å². The molecule has 0 spiro atoms. The van der Waals surface area contributed by atoms with Crippen molar-refractivity contribution in [3.8, 4) is 0 Å². The molecule has 18 heavy (non-hydrogen) atoms. The molecule has 0 heterocycles. The average molecular weight is 361 g/mol. The first kappa shape index (κ1) is 17.2. The second kappa shape index (κ2) is 7.61. The topological polar surface area (TPSA) is 36.4 Å². The fourth-order valence-electron chi connectivity index (χ4n) is 1.54. The lowest BCUT2D eigenvalue weighted by atomic mass is 10.1. The Morgan fingerprint density at radius 1 is 1.28 bits per heavy atom. The molecule has 0 saturated carbocycles. The van der Waals surface area contributed by atoms with Gasteiger partial charge in [-0.15, -0.1) is 24.0 Å². The van der Waals surface area contributed by atoms with Gasteiger partial charge in [0.25, 0.3) is 0 Å². The Kier molecular flexibility index (Phi) is 7.28. The summed E-state index contributed by atoms with van der Waals surface area (Å²) in [6.45, 7) is 9.24. The summed E-state index contributed by atoms with van der Waals surface area (Å²) in [6, 6.07) is 8.47. The van der Waals surface area contributed by atoms with E-state index in [1.54, 1.807) is 7.05 Å². The largest absolute Gasteiger partial charge is 0.352 e. The maximum Gasteiger partial charge on any atom is 0.191 e. The van der Waals surface area contributed by atoms with Crippen molar-refractivity contribution in [2.75, 3.05) is 7.05 Å². The maximum absolute atomic E-state index is 4.21. The van der Waals surface area contributed by atoms with Crippen molar-refractivity contribution in [3.05, 3.63) is 35.4 Å². The SMILES string of the molecule is CN=C(NCc1cccc(C)c1)NC(C)(C)C.I. The number of benzene rings is 1. The Bertz CT molecular complexity index is 394. The summed E-state index contributed by atoms with van der Waals surface area (Å²) >= 11 is 0. The molecule has 3 nitrogen and oxygen atoms in total. The third-order valence-electron chi connectivity index (χ3n) is 2.26. The number of hydrogen-bond acceptors (Lipinski definition) is 1. The lowest BCUT2D eigenvalue weighted by Gasteiger charge is -2.23. The lowest BCUT2D eigenvalue weighted by Crippen LogP contribution is -2.47. The van der Waals surface area contributed by atoms with Crippen molar-refractivity contribution in [1.82, 2.24) is 10.6 Å². The van der Waals surface area contributed by atoms with E-state index in [0.29, 0.717) is 0 Å². The Morgan fingerprint density at radius 3 is 2.44 bits per heavy atom. The number of hydrogen-bond donors (Lipinski definition) is 2. The van der Waals surface area contributed by atoms with Crippen LogP contribution in [0.15, 0.2) is 29.3 Å². The smallest absolute Gasteiger partial charge is 0.191 e. The fourth-order valence-corrected chi connectivity index (χ4v) is 1.54. The van der Waals surface area contributed by atoms with E-state index >= 15 is 0 Å². The van der Waals surface area contributed by atoms with Gasteiger partial charge in [0.1, 0.15) is 0 Å². The number of rotatable bonds is 2. The minimum absolute atomic E-state index is 0. The zero-order chi connectivity index (χ0) is 12.9. The van der Waals surface area contributed by atoms with Crippen molar-refractivity contribution in [1.29, 1.82) is 0 Å². The molecule has 1 rings (SSSR count). The molecule has 4 heteroatoms. The third-order valence-corrected chi connectivity index (χ3v) is 2.26. The highest BCUT2D eigenvalue weighted by Gasteiger charge is 2.11. The number of aryl methyl sites for hydroxylation is 1. The molecule has 102 valence electrons. The summed E-state index contributed by atoms with van der Waals surface area (Å²) in [4.78, 5) is 4.21. The molecule has 0 aliphatic rings. The highest BCUT2D eigenvalue weighted by atomic mass is 127. The van der Waals surface area contributed by atoms with Crippen LogP contribution in [0, 0.1) is 6.92 Å². The number of aliphatic imine (C=N–C) groups is 1. The molecule has 0 amide bonds. The minimum atomic E-state index is 0. The van der Waals surface area contributed by atoms with Crippen LogP contribution in [0.3, 0.4) is 0 Å². The second-order valence-electron chi connectivity index (χ2n) is 5.29. The zero-order valence-electron chi connectivity index (χ0n) is 11.9. The average Bonchev–Trinajstić information content (AvgIpc) is 2.23. The zero-order valence-corrected chi connectivity index (χ0v) is 14.2. The number of halogens is 1. The predicted octanol–water partition coefficient (Wildman–Crippen LogP) is 3.08. The maximum atomic E-state index is 4.21. The van der Waals surface area contributed by atoms with Crippen molar-refractivity contribution in [2.45, 2.75) is 39.8 Å². The van der Waals surface area contributed by atoms with Gasteiger partial charge in [-0.1, -0.05) is 29.8 Å². The van der Waals surface area contributed by atoms with Crippen molar-refractivity contribution in [2.24, 2.45) is 4.99 Å². The first-order valence-electron chi connectivity index (χ1n) is 5.95. The van der Waals surface area contributed by atoms with E-state index in [1.165, 1.54) is 11.1 Å². The molecule has 1 aromatic rings. The molecule has 0 aliphatic carbocycles. The van der Waals surface area contributed by atoms with E-state index in [4.69, 9.17) is 0 Å². The quantitative estimate of drug-likeness (QED) is 0.483. The van der Waals surface area contributed by atoms with Crippen LogP contribution in [-0.4, -0.2) is 18.5 Å². The van der Waals surface area contributed by atoms with Crippen LogP contribution >= 0.6 is 24.0 Å². The first-order chi connectivity index (χ1) is 7.90. The van der Waals surface area contributed by atoms with E-state index in [9.17, 15) is 0 Å². The van der Waals surface area contributed by atoms with Crippen LogP contribution in [0.1, 0.15) is 31.9 Å². The standard InChI is InChI=1S/C14H23N3.HI/c1-11-7-6-8-12(9-11)10-16-13(15-5)17-14(2,3)4;/h6-9H,10H2,1-5H3,(H2,15,16,17);1H. The molecule has 0 atom stereocenters. The van der Waals surface area contributed by atoms with Gasteiger partial charge in [0.05, 0.1) is 0 Å². The molecule has 0 bridgehead atoms. The third kappa shape index (κ3) is 6.83. The van der Waals surface area contributed by atoms with Gasteiger partial charge in [-0.3, -0.25) is 4.99 Å². The van der Waals surface area contributed by atoms with Crippen LogP contribution in [0.4, 0.5) is 0 Å². The fraction of sp³-hybridized carbons (Fsp3) is 0.500. The van der Waals surface area contributed by atoms with E-state index < -0.39 is 0 Å². The summed E-state index contributed by atoms with van der Waals surface area (Å²) in [6.07, 6.45) is 0. The van der Waals surface area contributed by atoms with Gasteiger partial charge in [0.2, 0.25) is 0 Å². The van der Waals surface area contributed by atoms with E-state index in [2.05, 4.69) is 67.6 Å². The highest BCUT2D eigenvalue weighted by molar-refractivity contribution is 14.0. The monoisotopic (exact) mass is 361 g/mol. The summed E-state index contributed by atoms with van der Waals surface area (Å²) in [5.74, 6) is 0.832. The summed E-state index contributed by atoms with van der Waals surface area (Å²) < 4.78 is 0. The summed E-state index contributed by atoms with van der Waals surface area (Å²) in [5.41, 5.74) is 2.57.